The second kappa shape index (κ2) is 5.46. The number of aryl methyl sites for hydroxylation is 1. The standard InChI is InChI=1S/C11H13N3OS2/c1-7-5-8-10(13-6-14-11(8)17-7)16-4-3-9(15)12-2/h5-6H,3-4H2,1-2H3,(H,12,15). The average molecular weight is 267 g/mol. The highest BCUT2D eigenvalue weighted by Crippen LogP contribution is 2.30. The normalized spacial score (nSPS) is 10.7. The molecule has 2 rings (SSSR count). The molecule has 2 aromatic rings. The van der Waals surface area contributed by atoms with Gasteiger partial charge in [-0.1, -0.05) is 0 Å². The van der Waals surface area contributed by atoms with E-state index >= 15 is 0 Å². The van der Waals surface area contributed by atoms with Gasteiger partial charge in [-0.05, 0) is 13.0 Å². The molecule has 0 saturated carbocycles. The fraction of sp³-hybridized carbons (Fsp3) is 0.364. The fourth-order valence-electron chi connectivity index (χ4n) is 1.43. The number of hydrogen-bond donors (Lipinski definition) is 1. The van der Waals surface area contributed by atoms with Crippen LogP contribution in [0.5, 0.6) is 0 Å². The van der Waals surface area contributed by atoms with Crippen LogP contribution in [0.3, 0.4) is 0 Å². The molecule has 0 aromatic carbocycles. The van der Waals surface area contributed by atoms with Gasteiger partial charge in [0.05, 0.1) is 0 Å². The summed E-state index contributed by atoms with van der Waals surface area (Å²) in [4.78, 5) is 21.9. The number of thioether (sulfide) groups is 1. The van der Waals surface area contributed by atoms with E-state index in [-0.39, 0.29) is 5.91 Å². The molecular weight excluding hydrogens is 254 g/mol. The molecule has 0 aliphatic rings. The number of nitrogens with zero attached hydrogens (tertiary/aromatic N) is 2. The van der Waals surface area contributed by atoms with Crippen LogP contribution in [0, 0.1) is 6.92 Å². The summed E-state index contributed by atoms with van der Waals surface area (Å²) in [7, 11) is 1.65. The highest BCUT2D eigenvalue weighted by molar-refractivity contribution is 7.99. The number of carbonyl (C=O) groups is 1. The maximum atomic E-state index is 11.1. The van der Waals surface area contributed by atoms with E-state index in [1.165, 1.54) is 4.88 Å². The van der Waals surface area contributed by atoms with Crippen LogP contribution in [0.2, 0.25) is 0 Å². The maximum Gasteiger partial charge on any atom is 0.220 e. The Bertz CT molecular complexity index is 538. The lowest BCUT2D eigenvalue weighted by molar-refractivity contribution is -0.120. The highest BCUT2D eigenvalue weighted by Gasteiger charge is 2.08. The molecule has 0 aliphatic heterocycles. The Balaban J connectivity index is 2.10. The first-order valence-corrected chi connectivity index (χ1v) is 7.05. The summed E-state index contributed by atoms with van der Waals surface area (Å²) in [6.07, 6.45) is 2.09. The first-order chi connectivity index (χ1) is 8.20. The zero-order valence-electron chi connectivity index (χ0n) is 9.69. The summed E-state index contributed by atoms with van der Waals surface area (Å²) in [5, 5.41) is 4.67. The van der Waals surface area contributed by atoms with Crippen LogP contribution in [0.4, 0.5) is 0 Å². The van der Waals surface area contributed by atoms with E-state index in [4.69, 9.17) is 0 Å². The molecule has 0 spiro atoms. The summed E-state index contributed by atoms with van der Waals surface area (Å²) < 4.78 is 0. The lowest BCUT2D eigenvalue weighted by Crippen LogP contribution is -2.17. The van der Waals surface area contributed by atoms with Gasteiger partial charge < -0.3 is 5.32 Å². The van der Waals surface area contributed by atoms with Crippen LogP contribution in [-0.2, 0) is 4.79 Å². The molecule has 0 saturated heterocycles. The Labute approximate surface area is 108 Å². The number of carbonyl (C=O) groups excluding carboxylic acids is 1. The minimum atomic E-state index is 0.0595. The van der Waals surface area contributed by atoms with Gasteiger partial charge in [0, 0.05) is 29.5 Å². The molecular formula is C11H13N3OS2. The van der Waals surface area contributed by atoms with Crippen molar-refractivity contribution in [3.05, 3.63) is 17.3 Å². The van der Waals surface area contributed by atoms with Gasteiger partial charge in [-0.15, -0.1) is 23.1 Å². The lowest BCUT2D eigenvalue weighted by atomic mass is 10.4. The molecule has 0 unspecified atom stereocenters. The molecule has 0 radical (unpaired) electrons. The SMILES string of the molecule is CNC(=O)CCSc1ncnc2sc(C)cc12. The number of aromatic nitrogens is 2. The zero-order chi connectivity index (χ0) is 12.3. The van der Waals surface area contributed by atoms with E-state index in [9.17, 15) is 4.79 Å². The van der Waals surface area contributed by atoms with Crippen molar-refractivity contribution in [1.29, 1.82) is 0 Å². The number of rotatable bonds is 4. The molecule has 0 atom stereocenters. The van der Waals surface area contributed by atoms with Gasteiger partial charge in [-0.3, -0.25) is 4.79 Å². The third kappa shape index (κ3) is 2.95. The van der Waals surface area contributed by atoms with Crippen LogP contribution in [0.1, 0.15) is 11.3 Å². The number of amides is 1. The van der Waals surface area contributed by atoms with Gasteiger partial charge in [-0.25, -0.2) is 9.97 Å². The zero-order valence-corrected chi connectivity index (χ0v) is 11.3. The summed E-state index contributed by atoms with van der Waals surface area (Å²) in [6.45, 7) is 2.06. The van der Waals surface area contributed by atoms with Gasteiger partial charge >= 0.3 is 0 Å². The second-order valence-electron chi connectivity index (χ2n) is 3.53. The first-order valence-electron chi connectivity index (χ1n) is 5.25. The number of fused-ring (bicyclic) bond motifs is 1. The van der Waals surface area contributed by atoms with Crippen LogP contribution < -0.4 is 5.32 Å². The Hall–Kier alpha value is -1.14. The molecule has 1 amide bonds. The monoisotopic (exact) mass is 267 g/mol. The Morgan fingerprint density at radius 2 is 2.35 bits per heavy atom. The van der Waals surface area contributed by atoms with Crippen LogP contribution in [0.15, 0.2) is 17.4 Å². The summed E-state index contributed by atoms with van der Waals surface area (Å²) in [5.41, 5.74) is 0. The topological polar surface area (TPSA) is 54.9 Å². The molecule has 2 aromatic heterocycles. The van der Waals surface area contributed by atoms with Crippen molar-refractivity contribution in [2.75, 3.05) is 12.8 Å². The molecule has 1 N–H and O–H groups in total. The Morgan fingerprint density at radius 3 is 3.12 bits per heavy atom. The average Bonchev–Trinajstić information content (AvgIpc) is 2.70. The van der Waals surface area contributed by atoms with Crippen LogP contribution >= 0.6 is 23.1 Å². The van der Waals surface area contributed by atoms with Gasteiger partial charge in [0.2, 0.25) is 5.91 Å². The number of nitrogens with one attached hydrogen (secondary N) is 1. The van der Waals surface area contributed by atoms with Crippen LogP contribution in [0.25, 0.3) is 10.2 Å². The molecule has 0 bridgehead atoms. The van der Waals surface area contributed by atoms with Crippen molar-refractivity contribution in [2.24, 2.45) is 0 Å². The predicted molar refractivity (Wildman–Crippen MR) is 71.6 cm³/mol. The fourth-order valence-corrected chi connectivity index (χ4v) is 3.26. The molecule has 2 heterocycles. The van der Waals surface area contributed by atoms with Crippen LogP contribution in [-0.4, -0.2) is 28.7 Å². The van der Waals surface area contributed by atoms with E-state index in [1.54, 1.807) is 36.5 Å². The smallest absolute Gasteiger partial charge is 0.220 e. The summed E-state index contributed by atoms with van der Waals surface area (Å²) in [6, 6.07) is 2.10. The first kappa shape index (κ1) is 12.3. The van der Waals surface area contributed by atoms with Gasteiger partial charge in [0.15, 0.2) is 0 Å². The summed E-state index contributed by atoms with van der Waals surface area (Å²) in [5.74, 6) is 0.796. The van der Waals surface area contributed by atoms with E-state index in [2.05, 4.69) is 28.3 Å². The van der Waals surface area contributed by atoms with Gasteiger partial charge in [0.1, 0.15) is 16.2 Å². The Kier molecular flexibility index (Phi) is 3.96. The molecule has 0 aliphatic carbocycles. The summed E-state index contributed by atoms with van der Waals surface area (Å²) >= 11 is 3.27. The Morgan fingerprint density at radius 1 is 1.53 bits per heavy atom. The van der Waals surface area contributed by atoms with E-state index in [0.29, 0.717) is 6.42 Å². The van der Waals surface area contributed by atoms with Crippen molar-refractivity contribution in [2.45, 2.75) is 18.4 Å². The van der Waals surface area contributed by atoms with E-state index < -0.39 is 0 Å². The molecule has 17 heavy (non-hydrogen) atoms. The van der Waals surface area contributed by atoms with Crippen molar-refractivity contribution in [3.8, 4) is 0 Å². The molecule has 90 valence electrons. The number of hydrogen-bond acceptors (Lipinski definition) is 5. The van der Waals surface area contributed by atoms with Gasteiger partial charge in [0.25, 0.3) is 0 Å². The minimum absolute atomic E-state index is 0.0595. The van der Waals surface area contributed by atoms with E-state index in [0.717, 1.165) is 21.0 Å². The largest absolute Gasteiger partial charge is 0.359 e. The third-order valence-corrected chi connectivity index (χ3v) is 4.23. The van der Waals surface area contributed by atoms with Crippen molar-refractivity contribution < 1.29 is 4.79 Å². The maximum absolute atomic E-state index is 11.1. The van der Waals surface area contributed by atoms with Gasteiger partial charge in [-0.2, -0.15) is 0 Å². The number of thiophene rings is 1. The predicted octanol–water partition coefficient (Wildman–Crippen LogP) is 2.23. The second-order valence-corrected chi connectivity index (χ2v) is 5.84. The van der Waals surface area contributed by atoms with E-state index in [1.807, 2.05) is 0 Å². The van der Waals surface area contributed by atoms with Crippen molar-refractivity contribution >= 4 is 39.2 Å². The quantitative estimate of drug-likeness (QED) is 0.682. The van der Waals surface area contributed by atoms with Crippen molar-refractivity contribution in [1.82, 2.24) is 15.3 Å². The minimum Gasteiger partial charge on any atom is -0.359 e. The highest BCUT2D eigenvalue weighted by atomic mass is 32.2. The molecule has 6 heteroatoms. The lowest BCUT2D eigenvalue weighted by Gasteiger charge is -2.01. The third-order valence-electron chi connectivity index (χ3n) is 2.26. The molecule has 4 nitrogen and oxygen atoms in total. The van der Waals surface area contributed by atoms with Crippen molar-refractivity contribution in [3.63, 3.8) is 0 Å². The molecule has 0 fully saturated rings.